The molecule has 4 aromatic rings. The molecule has 3 fully saturated rings. The first-order valence-corrected chi connectivity index (χ1v) is 21.1. The summed E-state index contributed by atoms with van der Waals surface area (Å²) in [7, 11) is -11.8. The minimum atomic E-state index is -10.7. The van der Waals surface area contributed by atoms with Gasteiger partial charge >= 0.3 is 52.5 Å². The molecular weight excluding hydrogens is 798 g/mol. The minimum Gasteiger partial charge on any atom is -0.0464 e. The number of hydrogen-bond acceptors (Lipinski definition) is 2. The van der Waals surface area contributed by atoms with Gasteiger partial charge in [-0.1, -0.05) is 121 Å². The van der Waals surface area contributed by atoms with E-state index in [-0.39, 0.29) is 31.7 Å². The van der Waals surface area contributed by atoms with Crippen molar-refractivity contribution in [2.24, 2.45) is 11.8 Å². The van der Waals surface area contributed by atoms with Gasteiger partial charge in [-0.15, -0.1) is 0 Å². The van der Waals surface area contributed by atoms with Crippen LogP contribution in [0, 0.1) is 37.5 Å². The second kappa shape index (κ2) is 16.5. The molecule has 2 nitrogen and oxygen atoms in total. The quantitative estimate of drug-likeness (QED) is 0.100. The van der Waals surface area contributed by atoms with Gasteiger partial charge in [0.15, 0.2) is 5.79 Å². The van der Waals surface area contributed by atoms with Crippen molar-refractivity contribution in [3.05, 3.63) is 147 Å². The number of ether oxygens (including phenoxy) is 2. The van der Waals surface area contributed by atoms with Crippen molar-refractivity contribution in [3.63, 3.8) is 0 Å². The summed E-state index contributed by atoms with van der Waals surface area (Å²) in [5.41, 5.74) is 0. The largest absolute Gasteiger partial charge is 3.00 e. The Hall–Kier alpha value is -1.71. The Labute approximate surface area is 307 Å². The third-order valence-electron chi connectivity index (χ3n) is 8.04. The standard InChI is InChI=1S/C31H32O2P2.C7H8.F6P.Rh/c1-31(2)32-29(23-34(25-15-7-3-8-16-25)26-17-9-4-10-18-26)30(33-31)24-35(27-19-11-5-12-20-27)28-21-13-6-14-22-28;1-2-7-4-3-6(1)5-7;1-7(2,3,4,5)6;/h3-22,29-30H,23-24H2,1-2H3;1-4,6-7H,5H2;;/q;;-1;+3/t29-,30-;;;/m0.../s1. The van der Waals surface area contributed by atoms with Crippen LogP contribution in [0.3, 0.4) is 0 Å². The number of halogens is 6. The van der Waals surface area contributed by atoms with Crippen LogP contribution in [0.25, 0.3) is 0 Å². The van der Waals surface area contributed by atoms with Crippen molar-refractivity contribution < 1.29 is 54.1 Å². The molecule has 4 radical (unpaired) electrons. The number of benzene rings is 4. The van der Waals surface area contributed by atoms with Gasteiger partial charge in [0, 0.05) is 12.3 Å². The predicted molar refractivity (Wildman–Crippen MR) is 194 cm³/mol. The van der Waals surface area contributed by atoms with Gasteiger partial charge in [0.05, 0.1) is 12.2 Å². The summed E-state index contributed by atoms with van der Waals surface area (Å²) in [4.78, 5) is 0. The molecule has 0 amide bonds. The first-order valence-electron chi connectivity index (χ1n) is 16.0. The normalized spacial score (nSPS) is 23.5. The molecule has 0 spiro atoms. The molecule has 2 bridgehead atoms. The SMILES string of the molecule is CC1(C)O[C@@H](CP(c2ccccc2)c2ccccc2)[C@H](CP(c2ccccc2)c2ccccc2)O1.F[P-](F)(F)(F)(F)F.[CH]1[CH]C2[CH][CH]C1C2.[Rh+3]. The molecule has 2 saturated carbocycles. The van der Waals surface area contributed by atoms with E-state index in [0.29, 0.717) is 0 Å². The number of rotatable bonds is 8. The Balaban J connectivity index is 0.000000310. The van der Waals surface area contributed by atoms with Crippen LogP contribution in [-0.4, -0.2) is 30.3 Å². The topological polar surface area (TPSA) is 18.5 Å². The molecule has 1 aliphatic heterocycles. The van der Waals surface area contributed by atoms with E-state index in [2.05, 4.69) is 161 Å². The van der Waals surface area contributed by atoms with Crippen molar-refractivity contribution in [2.75, 3.05) is 12.3 Å². The molecule has 0 aromatic heterocycles. The maximum atomic E-state index is 9.87. The molecule has 1 heterocycles. The van der Waals surface area contributed by atoms with Gasteiger partial charge < -0.3 is 9.47 Å². The molecule has 0 unspecified atom stereocenters. The van der Waals surface area contributed by atoms with E-state index in [1.165, 1.54) is 27.6 Å². The minimum absolute atomic E-state index is 0. The summed E-state index contributed by atoms with van der Waals surface area (Å²) < 4.78 is 72.4. The van der Waals surface area contributed by atoms with Gasteiger partial charge in [0.25, 0.3) is 0 Å². The molecule has 4 aromatic carbocycles. The van der Waals surface area contributed by atoms with Crippen molar-refractivity contribution in [1.29, 1.82) is 0 Å². The summed E-state index contributed by atoms with van der Waals surface area (Å²) in [5.74, 6) is 1.04. The molecule has 1 saturated heterocycles. The van der Waals surface area contributed by atoms with Crippen molar-refractivity contribution in [2.45, 2.75) is 38.3 Å². The zero-order chi connectivity index (χ0) is 35.2. The van der Waals surface area contributed by atoms with Gasteiger partial charge in [-0.3, -0.25) is 0 Å². The number of fused-ring (bicyclic) bond motifs is 2. The molecule has 12 heteroatoms. The van der Waals surface area contributed by atoms with Crippen molar-refractivity contribution >= 4 is 44.9 Å². The fourth-order valence-corrected chi connectivity index (χ4v) is 11.0. The van der Waals surface area contributed by atoms with E-state index >= 15 is 0 Å². The second-order valence-corrected chi connectivity index (χ2v) is 19.0. The van der Waals surface area contributed by atoms with E-state index < -0.39 is 29.4 Å². The molecule has 3 aliphatic rings. The fraction of sp³-hybridized carbons (Fsp3) is 0.263. The van der Waals surface area contributed by atoms with Crippen LogP contribution in [0.2, 0.25) is 0 Å². The van der Waals surface area contributed by atoms with E-state index in [1.54, 1.807) is 0 Å². The second-order valence-electron chi connectivity index (χ2n) is 12.6. The molecular formula is C38H40F6O2P3Rh+2. The van der Waals surface area contributed by atoms with Crippen molar-refractivity contribution in [3.8, 4) is 0 Å². The average molecular weight is 839 g/mol. The third kappa shape index (κ3) is 14.0. The van der Waals surface area contributed by atoms with Crippen LogP contribution in [-0.2, 0) is 29.0 Å². The zero-order valence-corrected chi connectivity index (χ0v) is 31.9. The Morgan fingerprint density at radius 3 is 0.960 bits per heavy atom. The van der Waals surface area contributed by atoms with E-state index in [9.17, 15) is 25.2 Å². The van der Waals surface area contributed by atoms with Gasteiger partial charge in [0.1, 0.15) is 0 Å². The maximum absolute atomic E-state index is 10.7. The molecule has 2 aliphatic carbocycles. The van der Waals surface area contributed by atoms with E-state index in [4.69, 9.17) is 9.47 Å². The monoisotopic (exact) mass is 838 g/mol. The van der Waals surface area contributed by atoms with Crippen LogP contribution in [0.5, 0.6) is 0 Å². The first-order chi connectivity index (χ1) is 23.0. The smallest absolute Gasteiger partial charge is 0.0464 e. The van der Waals surface area contributed by atoms with Crippen molar-refractivity contribution in [1.82, 2.24) is 0 Å². The van der Waals surface area contributed by atoms with Crippen LogP contribution < -0.4 is 21.2 Å². The molecule has 0 N–H and O–H groups in total. The van der Waals surface area contributed by atoms with Gasteiger partial charge in [-0.2, -0.15) is 0 Å². The van der Waals surface area contributed by atoms with E-state index in [1.807, 2.05) is 0 Å². The Morgan fingerprint density at radius 1 is 0.520 bits per heavy atom. The summed E-state index contributed by atoms with van der Waals surface area (Å²) in [6, 6.07) is 43.6. The average Bonchev–Trinajstić information content (AvgIpc) is 3.79. The third-order valence-corrected chi connectivity index (χ3v) is 13.2. The zero-order valence-electron chi connectivity index (χ0n) is 27.5. The predicted octanol–water partition coefficient (Wildman–Crippen LogP) is 10.6. The van der Waals surface area contributed by atoms with Crippen LogP contribution in [0.15, 0.2) is 121 Å². The van der Waals surface area contributed by atoms with Crippen LogP contribution in [0.1, 0.15) is 20.3 Å². The van der Waals surface area contributed by atoms with Gasteiger partial charge in [-0.25, -0.2) is 0 Å². The Bertz CT molecular complexity index is 1400. The Kier molecular flexibility index (Phi) is 13.6. The molecule has 268 valence electrons. The molecule has 7 rings (SSSR count). The van der Waals surface area contributed by atoms with Gasteiger partial charge in [0.2, 0.25) is 0 Å². The molecule has 50 heavy (non-hydrogen) atoms. The summed E-state index contributed by atoms with van der Waals surface area (Å²) in [5, 5.41) is 5.53. The van der Waals surface area contributed by atoms with Crippen LogP contribution in [0.4, 0.5) is 25.2 Å². The van der Waals surface area contributed by atoms with Crippen LogP contribution >= 0.6 is 23.7 Å². The summed E-state index contributed by atoms with van der Waals surface area (Å²) in [6.07, 6.45) is 12.5. The maximum Gasteiger partial charge on any atom is 3.00 e. The molecule has 2 atom stereocenters. The van der Waals surface area contributed by atoms with Gasteiger partial charge in [-0.05, 0) is 94.8 Å². The Morgan fingerprint density at radius 2 is 0.760 bits per heavy atom. The first kappa shape index (κ1) is 41.1. The van der Waals surface area contributed by atoms with E-state index in [0.717, 1.165) is 24.2 Å². The fourth-order valence-electron chi connectivity index (χ4n) is 6.06. The summed E-state index contributed by atoms with van der Waals surface area (Å²) >= 11 is 0. The number of hydrogen-bond donors (Lipinski definition) is 0. The summed E-state index contributed by atoms with van der Waals surface area (Å²) in [6.45, 7) is 4.11.